The Balaban J connectivity index is 1.68. The number of rotatable bonds is 11. The highest BCUT2D eigenvalue weighted by Crippen LogP contribution is 2.42. The lowest BCUT2D eigenvalue weighted by atomic mass is 10.1. The number of hydrogen-bond acceptors (Lipinski definition) is 8. The lowest BCUT2D eigenvalue weighted by Crippen LogP contribution is -2.47. The van der Waals surface area contributed by atoms with Gasteiger partial charge in [-0.1, -0.05) is 48.5 Å². The Labute approximate surface area is 240 Å². The van der Waals surface area contributed by atoms with Crippen molar-refractivity contribution in [3.05, 3.63) is 35.7 Å². The SMILES string of the molecule is CC[C@H]1COCCN1c1cc(CS(C)(=O)=O)nc(-c2ccc3[nH]c(CO[Si](C(C)C)(C(C)C)C(C)C)cc3n2)n1. The topological polar surface area (TPSA) is 110 Å². The molecule has 0 spiro atoms. The summed E-state index contributed by atoms with van der Waals surface area (Å²) in [7, 11) is -5.28. The number of ether oxygens (including phenoxy) is 1. The maximum absolute atomic E-state index is 12.2. The first-order chi connectivity index (χ1) is 18.8. The fourth-order valence-electron chi connectivity index (χ4n) is 6.35. The van der Waals surface area contributed by atoms with Crippen molar-refractivity contribution in [2.24, 2.45) is 0 Å². The van der Waals surface area contributed by atoms with Crippen LogP contribution in [0.15, 0.2) is 24.3 Å². The van der Waals surface area contributed by atoms with Crippen LogP contribution in [-0.2, 0) is 31.4 Å². The van der Waals surface area contributed by atoms with Crippen LogP contribution < -0.4 is 4.90 Å². The molecule has 9 nitrogen and oxygen atoms in total. The van der Waals surface area contributed by atoms with Crippen molar-refractivity contribution in [3.63, 3.8) is 0 Å². The second-order valence-electron chi connectivity index (χ2n) is 12.0. The van der Waals surface area contributed by atoms with Gasteiger partial charge >= 0.3 is 0 Å². The first kappa shape index (κ1) is 30.6. The molecule has 1 atom stereocenters. The summed E-state index contributed by atoms with van der Waals surface area (Å²) >= 11 is 0. The molecule has 1 aliphatic heterocycles. The van der Waals surface area contributed by atoms with E-state index in [0.717, 1.165) is 23.1 Å². The van der Waals surface area contributed by atoms with Crippen LogP contribution in [0.25, 0.3) is 22.6 Å². The Morgan fingerprint density at radius 3 is 2.40 bits per heavy atom. The van der Waals surface area contributed by atoms with Crippen LogP contribution in [0.4, 0.5) is 5.82 Å². The molecule has 0 radical (unpaired) electrons. The maximum atomic E-state index is 12.2. The predicted octanol–water partition coefficient (Wildman–Crippen LogP) is 5.87. The summed E-state index contributed by atoms with van der Waals surface area (Å²) in [6.07, 6.45) is 2.12. The Morgan fingerprint density at radius 1 is 1.07 bits per heavy atom. The molecule has 1 N–H and O–H groups in total. The molecule has 11 heteroatoms. The zero-order valence-electron chi connectivity index (χ0n) is 25.2. The second kappa shape index (κ2) is 12.3. The van der Waals surface area contributed by atoms with Gasteiger partial charge in [0.25, 0.3) is 0 Å². The minimum absolute atomic E-state index is 0.155. The highest BCUT2D eigenvalue weighted by Gasteiger charge is 2.45. The number of anilines is 1. The van der Waals surface area contributed by atoms with E-state index in [4.69, 9.17) is 19.1 Å². The van der Waals surface area contributed by atoms with Gasteiger partial charge in [-0.25, -0.2) is 23.4 Å². The standard InChI is InChI=1S/C29H45N5O4SSi/c1-9-24-17-37-13-12-34(24)28-15-23(18-39(8,35)36)31-29(33-28)26-11-10-25-27(32-26)14-22(30-25)16-38-40(19(2)3,20(4)5)21(6)7/h10-11,14-15,19-21,24,30H,9,12-13,16-18H2,1-8H3/t24-/m0/s1. The highest BCUT2D eigenvalue weighted by atomic mass is 32.2. The van der Waals surface area contributed by atoms with Gasteiger partial charge in [0.05, 0.1) is 48.3 Å². The van der Waals surface area contributed by atoms with Gasteiger partial charge in [-0.2, -0.15) is 0 Å². The van der Waals surface area contributed by atoms with Gasteiger partial charge < -0.3 is 19.0 Å². The van der Waals surface area contributed by atoms with E-state index >= 15 is 0 Å². The van der Waals surface area contributed by atoms with Crippen molar-refractivity contribution in [2.45, 2.75) is 89.9 Å². The third-order valence-corrected chi connectivity index (χ3v) is 15.0. The van der Waals surface area contributed by atoms with Gasteiger partial charge in [0.15, 0.2) is 15.7 Å². The normalized spacial score (nSPS) is 17.1. The van der Waals surface area contributed by atoms with E-state index in [0.29, 0.717) is 66.0 Å². The van der Waals surface area contributed by atoms with Crippen LogP contribution >= 0.6 is 0 Å². The number of sulfone groups is 1. The lowest BCUT2D eigenvalue weighted by Gasteiger charge is -2.42. The Hall–Kier alpha value is -2.34. The average molecular weight is 588 g/mol. The summed E-state index contributed by atoms with van der Waals surface area (Å²) in [5, 5.41) is 0. The highest BCUT2D eigenvalue weighted by molar-refractivity contribution is 7.89. The minimum Gasteiger partial charge on any atom is -0.410 e. The molecule has 4 rings (SSSR count). The minimum atomic E-state index is -3.28. The molecule has 1 aliphatic rings. The number of morpholine rings is 1. The Morgan fingerprint density at radius 2 is 1.77 bits per heavy atom. The van der Waals surface area contributed by atoms with E-state index in [1.165, 1.54) is 6.26 Å². The molecule has 0 aliphatic carbocycles. The summed E-state index contributed by atoms with van der Waals surface area (Å²) in [6.45, 7) is 18.3. The Kier molecular flexibility index (Phi) is 9.38. The maximum Gasteiger partial charge on any atom is 0.200 e. The summed E-state index contributed by atoms with van der Waals surface area (Å²) in [5.41, 5.74) is 5.30. The number of fused-ring (bicyclic) bond motifs is 1. The molecule has 0 bridgehead atoms. The number of aromatic nitrogens is 4. The first-order valence-corrected chi connectivity index (χ1v) is 18.6. The van der Waals surface area contributed by atoms with Gasteiger partial charge in [0, 0.05) is 24.6 Å². The largest absolute Gasteiger partial charge is 0.410 e. The molecule has 1 fully saturated rings. The number of aromatic amines is 1. The summed E-state index contributed by atoms with van der Waals surface area (Å²) in [6, 6.07) is 7.86. The Bertz CT molecular complexity index is 1400. The van der Waals surface area contributed by atoms with Gasteiger partial charge in [-0.05, 0) is 41.2 Å². The fourth-order valence-corrected chi connectivity index (χ4v) is 12.4. The van der Waals surface area contributed by atoms with Gasteiger partial charge in [0.2, 0.25) is 8.32 Å². The van der Waals surface area contributed by atoms with Crippen molar-refractivity contribution in [3.8, 4) is 11.5 Å². The smallest absolute Gasteiger partial charge is 0.200 e. The van der Waals surface area contributed by atoms with Gasteiger partial charge in [-0.15, -0.1) is 0 Å². The molecule has 0 unspecified atom stereocenters. The molecule has 3 aromatic rings. The zero-order valence-corrected chi connectivity index (χ0v) is 27.0. The molecule has 3 aromatic heterocycles. The summed E-state index contributed by atoms with van der Waals surface area (Å²) in [4.78, 5) is 20.1. The summed E-state index contributed by atoms with van der Waals surface area (Å²) in [5.74, 6) is 0.975. The number of hydrogen-bond donors (Lipinski definition) is 1. The van der Waals surface area contributed by atoms with Crippen LogP contribution in [0.5, 0.6) is 0 Å². The quantitative estimate of drug-likeness (QED) is 0.277. The third kappa shape index (κ3) is 6.58. The first-order valence-electron chi connectivity index (χ1n) is 14.4. The van der Waals surface area contributed by atoms with Crippen molar-refractivity contribution in [1.29, 1.82) is 0 Å². The molecule has 0 saturated carbocycles. The number of nitrogens with zero attached hydrogens (tertiary/aromatic N) is 4. The van der Waals surface area contributed by atoms with Crippen LogP contribution in [0.1, 0.15) is 66.3 Å². The monoisotopic (exact) mass is 587 g/mol. The molecule has 40 heavy (non-hydrogen) atoms. The molecular formula is C29H45N5O4SSi. The fraction of sp³-hybridized carbons (Fsp3) is 0.621. The van der Waals surface area contributed by atoms with E-state index in [-0.39, 0.29) is 11.8 Å². The number of H-pyrrole nitrogens is 1. The predicted molar refractivity (Wildman–Crippen MR) is 164 cm³/mol. The van der Waals surface area contributed by atoms with Crippen molar-refractivity contribution in [2.75, 3.05) is 30.9 Å². The van der Waals surface area contributed by atoms with E-state index in [9.17, 15) is 8.42 Å². The molecular weight excluding hydrogens is 543 g/mol. The van der Waals surface area contributed by atoms with E-state index in [1.54, 1.807) is 6.07 Å². The van der Waals surface area contributed by atoms with Gasteiger partial charge in [-0.3, -0.25) is 0 Å². The van der Waals surface area contributed by atoms with Crippen LogP contribution in [0.2, 0.25) is 16.6 Å². The van der Waals surface area contributed by atoms with E-state index in [2.05, 4.69) is 63.3 Å². The number of pyridine rings is 1. The zero-order chi connectivity index (χ0) is 29.2. The molecule has 0 amide bonds. The number of nitrogens with one attached hydrogen (secondary N) is 1. The molecule has 0 aromatic carbocycles. The van der Waals surface area contributed by atoms with Crippen molar-refractivity contribution < 1.29 is 17.6 Å². The summed E-state index contributed by atoms with van der Waals surface area (Å²) < 4.78 is 36.8. The third-order valence-electron chi connectivity index (χ3n) is 8.11. The van der Waals surface area contributed by atoms with Crippen LogP contribution in [-0.4, -0.2) is 68.7 Å². The molecule has 1 saturated heterocycles. The molecule has 4 heterocycles. The lowest BCUT2D eigenvalue weighted by molar-refractivity contribution is 0.0925. The van der Waals surface area contributed by atoms with E-state index in [1.807, 2.05) is 18.2 Å². The van der Waals surface area contributed by atoms with Crippen LogP contribution in [0, 0.1) is 0 Å². The second-order valence-corrected chi connectivity index (χ2v) is 19.6. The van der Waals surface area contributed by atoms with Gasteiger partial charge in [0.1, 0.15) is 11.5 Å². The van der Waals surface area contributed by atoms with Crippen molar-refractivity contribution >= 4 is 35.0 Å². The van der Waals surface area contributed by atoms with Crippen molar-refractivity contribution in [1.82, 2.24) is 19.9 Å². The van der Waals surface area contributed by atoms with Crippen LogP contribution in [0.3, 0.4) is 0 Å². The van der Waals surface area contributed by atoms with E-state index < -0.39 is 18.2 Å². The molecule has 220 valence electrons. The average Bonchev–Trinajstić information content (AvgIpc) is 3.29.